The van der Waals surface area contributed by atoms with Crippen molar-refractivity contribution in [3.05, 3.63) is 29.8 Å². The van der Waals surface area contributed by atoms with Gasteiger partial charge in [-0.25, -0.2) is 0 Å². The second-order valence-electron chi connectivity index (χ2n) is 3.77. The van der Waals surface area contributed by atoms with Crippen LogP contribution in [0, 0.1) is 6.92 Å². The molecular formula is C12H18NO2S+. The number of nitrogens with zero attached hydrogens (tertiary/aromatic N) is 1. The molecule has 0 spiro atoms. The molecule has 1 aliphatic rings. The first-order chi connectivity index (χ1) is 7.81. The van der Waals surface area contributed by atoms with E-state index < -0.39 is 0 Å². The minimum atomic E-state index is -0.236. The highest BCUT2D eigenvalue weighted by Gasteiger charge is 2.34. The monoisotopic (exact) mass is 240 g/mol. The van der Waals surface area contributed by atoms with Crippen molar-refractivity contribution in [2.24, 2.45) is 0 Å². The lowest BCUT2D eigenvalue weighted by atomic mass is 10.2. The van der Waals surface area contributed by atoms with Gasteiger partial charge in [-0.3, -0.25) is 0 Å². The average Bonchev–Trinajstić information content (AvgIpc) is 2.34. The molecule has 1 unspecified atom stereocenters. The first-order valence-electron chi connectivity index (χ1n) is 5.49. The Labute approximate surface area is 100 Å². The van der Waals surface area contributed by atoms with Crippen LogP contribution in [0.4, 0.5) is 0 Å². The zero-order valence-electron chi connectivity index (χ0n) is 9.81. The van der Waals surface area contributed by atoms with Gasteiger partial charge in [0.1, 0.15) is 0 Å². The Balaban J connectivity index is 2.11. The smallest absolute Gasteiger partial charge is 0.280 e. The van der Waals surface area contributed by atoms with Crippen molar-refractivity contribution in [1.82, 2.24) is 4.31 Å². The van der Waals surface area contributed by atoms with Gasteiger partial charge in [0.15, 0.2) is 0 Å². The Kier molecular flexibility index (Phi) is 4.23. The topological polar surface area (TPSA) is 21.7 Å². The molecule has 0 aliphatic carbocycles. The molecule has 1 aliphatic heterocycles. The third-order valence-corrected chi connectivity index (χ3v) is 4.41. The number of hydrogen-bond donors (Lipinski definition) is 0. The van der Waals surface area contributed by atoms with Crippen LogP contribution in [-0.2, 0) is 20.3 Å². The lowest BCUT2D eigenvalue weighted by Crippen LogP contribution is -2.41. The minimum Gasteiger partial charge on any atom is -0.378 e. The van der Waals surface area contributed by atoms with Crippen molar-refractivity contribution < 1.29 is 8.92 Å². The molecule has 1 saturated heterocycles. The molecule has 4 heteroatoms. The molecule has 1 atom stereocenters. The number of benzene rings is 1. The summed E-state index contributed by atoms with van der Waals surface area (Å²) in [5.74, 6) is 0. The molecule has 1 aromatic rings. The molecule has 0 radical (unpaired) electrons. The largest absolute Gasteiger partial charge is 0.378 e. The van der Waals surface area contributed by atoms with E-state index in [4.69, 9.17) is 8.92 Å². The van der Waals surface area contributed by atoms with E-state index in [2.05, 4.69) is 35.5 Å². The zero-order valence-corrected chi connectivity index (χ0v) is 10.6. The van der Waals surface area contributed by atoms with Crippen molar-refractivity contribution in [2.45, 2.75) is 11.8 Å². The van der Waals surface area contributed by atoms with Crippen molar-refractivity contribution in [1.29, 1.82) is 0 Å². The quantitative estimate of drug-likeness (QED) is 0.752. The van der Waals surface area contributed by atoms with Gasteiger partial charge in [0, 0.05) is 0 Å². The maximum atomic E-state index is 5.61. The summed E-state index contributed by atoms with van der Waals surface area (Å²) in [6.07, 6.45) is 0. The third kappa shape index (κ3) is 2.77. The second kappa shape index (κ2) is 5.68. The molecule has 1 aromatic carbocycles. The van der Waals surface area contributed by atoms with Gasteiger partial charge in [-0.15, -0.1) is 0 Å². The Morgan fingerprint density at radius 2 is 1.81 bits per heavy atom. The van der Waals surface area contributed by atoms with Crippen LogP contribution in [0.5, 0.6) is 0 Å². The number of aryl methyl sites for hydroxylation is 1. The number of ether oxygens (including phenoxy) is 1. The number of rotatable bonds is 3. The summed E-state index contributed by atoms with van der Waals surface area (Å²) in [5, 5.41) is 0. The van der Waals surface area contributed by atoms with E-state index in [-0.39, 0.29) is 11.4 Å². The summed E-state index contributed by atoms with van der Waals surface area (Å²) in [4.78, 5) is 1.25. The average molecular weight is 240 g/mol. The fourth-order valence-corrected chi connectivity index (χ4v) is 3.27. The Morgan fingerprint density at radius 1 is 1.19 bits per heavy atom. The lowest BCUT2D eigenvalue weighted by molar-refractivity contribution is 0.0725. The molecule has 0 saturated carbocycles. The maximum absolute atomic E-state index is 5.61. The van der Waals surface area contributed by atoms with E-state index in [9.17, 15) is 0 Å². The fraction of sp³-hybridized carbons (Fsp3) is 0.500. The van der Waals surface area contributed by atoms with Crippen LogP contribution in [0.25, 0.3) is 0 Å². The van der Waals surface area contributed by atoms with Gasteiger partial charge in [0.2, 0.25) is 4.90 Å². The normalized spacial score (nSPS) is 19.6. The summed E-state index contributed by atoms with van der Waals surface area (Å²) in [7, 11) is 1.78. The van der Waals surface area contributed by atoms with Crippen molar-refractivity contribution >= 4 is 11.4 Å². The molecule has 16 heavy (non-hydrogen) atoms. The maximum Gasteiger partial charge on any atom is 0.280 e. The molecule has 2 rings (SSSR count). The summed E-state index contributed by atoms with van der Waals surface area (Å²) in [6.45, 7) is 5.61. The minimum absolute atomic E-state index is 0.236. The van der Waals surface area contributed by atoms with Gasteiger partial charge in [-0.2, -0.15) is 4.18 Å². The molecule has 88 valence electrons. The van der Waals surface area contributed by atoms with Crippen molar-refractivity contribution in [2.75, 3.05) is 33.4 Å². The molecule has 1 fully saturated rings. The first-order valence-corrected chi connectivity index (χ1v) is 6.60. The van der Waals surface area contributed by atoms with Crippen LogP contribution >= 0.6 is 0 Å². The van der Waals surface area contributed by atoms with Gasteiger partial charge < -0.3 is 4.74 Å². The molecule has 0 bridgehead atoms. The van der Waals surface area contributed by atoms with E-state index >= 15 is 0 Å². The molecule has 3 nitrogen and oxygen atoms in total. The van der Waals surface area contributed by atoms with Gasteiger partial charge in [0.25, 0.3) is 11.4 Å². The van der Waals surface area contributed by atoms with Crippen LogP contribution in [0.15, 0.2) is 29.2 Å². The van der Waals surface area contributed by atoms with Crippen LogP contribution in [0.3, 0.4) is 0 Å². The molecule has 1 heterocycles. The second-order valence-corrected chi connectivity index (χ2v) is 5.59. The van der Waals surface area contributed by atoms with E-state index in [1.165, 1.54) is 10.5 Å². The molecule has 0 amide bonds. The van der Waals surface area contributed by atoms with Crippen LogP contribution in [-0.4, -0.2) is 37.7 Å². The number of hydrogen-bond acceptors (Lipinski definition) is 3. The molecule has 0 aromatic heterocycles. The Hall–Kier alpha value is -0.550. The predicted molar refractivity (Wildman–Crippen MR) is 66.2 cm³/mol. The van der Waals surface area contributed by atoms with Gasteiger partial charge in [0.05, 0.1) is 33.4 Å². The summed E-state index contributed by atoms with van der Waals surface area (Å²) >= 11 is -0.236. The molecular weight excluding hydrogens is 222 g/mol. The number of morpholine rings is 1. The highest BCUT2D eigenvalue weighted by Crippen LogP contribution is 2.20. The Bertz CT molecular complexity index is 322. The lowest BCUT2D eigenvalue weighted by Gasteiger charge is -2.22. The summed E-state index contributed by atoms with van der Waals surface area (Å²) in [5.41, 5.74) is 1.28. The summed E-state index contributed by atoms with van der Waals surface area (Å²) in [6, 6.07) is 8.57. The van der Waals surface area contributed by atoms with Gasteiger partial charge in [-0.05, 0) is 19.1 Å². The standard InChI is InChI=1S/C12H18NO2S/c1-11-3-5-12(6-4-11)16(14-2)13-7-9-15-10-8-13/h3-6H,7-10H2,1-2H3/q+1. The van der Waals surface area contributed by atoms with Gasteiger partial charge >= 0.3 is 0 Å². The third-order valence-electron chi connectivity index (χ3n) is 2.59. The van der Waals surface area contributed by atoms with E-state index in [1.54, 1.807) is 7.11 Å². The fourth-order valence-electron chi connectivity index (χ4n) is 1.72. The van der Waals surface area contributed by atoms with Gasteiger partial charge in [-0.1, -0.05) is 22.0 Å². The van der Waals surface area contributed by atoms with Crippen LogP contribution < -0.4 is 0 Å². The molecule has 0 N–H and O–H groups in total. The summed E-state index contributed by atoms with van der Waals surface area (Å²) < 4.78 is 13.3. The highest BCUT2D eigenvalue weighted by atomic mass is 32.2. The SMILES string of the molecule is CO[S+](c1ccc(C)cc1)N1CCOCC1. The van der Waals surface area contributed by atoms with Crippen molar-refractivity contribution in [3.8, 4) is 0 Å². The Morgan fingerprint density at radius 3 is 2.38 bits per heavy atom. The van der Waals surface area contributed by atoms with E-state index in [1.807, 2.05) is 0 Å². The zero-order chi connectivity index (χ0) is 11.4. The van der Waals surface area contributed by atoms with E-state index in [0.29, 0.717) is 0 Å². The van der Waals surface area contributed by atoms with Crippen molar-refractivity contribution in [3.63, 3.8) is 0 Å². The predicted octanol–water partition coefficient (Wildman–Crippen LogP) is 1.78. The highest BCUT2D eigenvalue weighted by molar-refractivity contribution is 7.90. The van der Waals surface area contributed by atoms with Crippen LogP contribution in [0.1, 0.15) is 5.56 Å². The first kappa shape index (κ1) is 11.9. The van der Waals surface area contributed by atoms with Crippen LogP contribution in [0.2, 0.25) is 0 Å². The van der Waals surface area contributed by atoms with E-state index in [0.717, 1.165) is 26.3 Å².